The van der Waals surface area contributed by atoms with Gasteiger partial charge in [-0.05, 0) is 29.5 Å². The fraction of sp³-hybridized carbons (Fsp3) is 1.00. The summed E-state index contributed by atoms with van der Waals surface area (Å²) in [5.41, 5.74) is 0. The highest BCUT2D eigenvalue weighted by atomic mass is 127. The largest absolute Gasteiger partial charge is 0.379 e. The van der Waals surface area contributed by atoms with Gasteiger partial charge in [0.1, 0.15) is 3.61 Å². The zero-order valence-corrected chi connectivity index (χ0v) is 7.73. The zero-order chi connectivity index (χ0) is 5.21. The minimum absolute atomic E-state index is 0.502. The van der Waals surface area contributed by atoms with Crippen LogP contribution in [0.4, 0.5) is 0 Å². The summed E-state index contributed by atoms with van der Waals surface area (Å²) in [5.74, 6) is 0. The van der Waals surface area contributed by atoms with E-state index >= 15 is 0 Å². The third kappa shape index (κ3) is 5.42. The first-order valence-corrected chi connectivity index (χ1v) is 4.14. The van der Waals surface area contributed by atoms with E-state index in [1.807, 2.05) is 22.6 Å². The van der Waals surface area contributed by atoms with Gasteiger partial charge in [-0.3, -0.25) is 0 Å². The standard InChI is InChI=1S/C3H6I2O/c1-3(5,6)2-4/h6H,2H2,1H3. The highest BCUT2D eigenvalue weighted by molar-refractivity contribution is 14.1. The van der Waals surface area contributed by atoms with Crippen LogP contribution in [0, 0.1) is 0 Å². The van der Waals surface area contributed by atoms with Crippen LogP contribution in [-0.2, 0) is 0 Å². The van der Waals surface area contributed by atoms with Gasteiger partial charge in [0.25, 0.3) is 0 Å². The summed E-state index contributed by atoms with van der Waals surface area (Å²) in [5, 5.41) is 8.81. The first kappa shape index (κ1) is 7.42. The summed E-state index contributed by atoms with van der Waals surface area (Å²) in [7, 11) is 0. The molecule has 0 spiro atoms. The lowest BCUT2D eigenvalue weighted by Gasteiger charge is -2.07. The smallest absolute Gasteiger partial charge is 0.121 e. The molecule has 0 saturated heterocycles. The van der Waals surface area contributed by atoms with E-state index in [0.29, 0.717) is 0 Å². The molecule has 0 radical (unpaired) electrons. The summed E-state index contributed by atoms with van der Waals surface area (Å²) in [6.45, 7) is 1.78. The predicted octanol–water partition coefficient (Wildman–Crippen LogP) is 1.56. The lowest BCUT2D eigenvalue weighted by molar-refractivity contribution is 0.205. The van der Waals surface area contributed by atoms with E-state index in [1.54, 1.807) is 6.92 Å². The number of rotatable bonds is 1. The van der Waals surface area contributed by atoms with Crippen LogP contribution in [0.15, 0.2) is 0 Å². The number of hydrogen-bond donors (Lipinski definition) is 1. The Morgan fingerprint density at radius 1 is 1.83 bits per heavy atom. The maximum absolute atomic E-state index is 8.81. The van der Waals surface area contributed by atoms with E-state index < -0.39 is 3.61 Å². The third-order valence-corrected chi connectivity index (χ3v) is 3.57. The summed E-state index contributed by atoms with van der Waals surface area (Å²) in [4.78, 5) is 0. The highest BCUT2D eigenvalue weighted by Crippen LogP contribution is 2.15. The molecule has 0 amide bonds. The number of aliphatic hydroxyl groups is 1. The van der Waals surface area contributed by atoms with Gasteiger partial charge in [-0.25, -0.2) is 0 Å². The molecular formula is C3H6I2O. The van der Waals surface area contributed by atoms with E-state index in [1.165, 1.54) is 0 Å². The molecule has 0 aromatic rings. The molecule has 38 valence electrons. The molecule has 0 aliphatic rings. The van der Waals surface area contributed by atoms with Crippen LogP contribution in [0.2, 0.25) is 0 Å². The second kappa shape index (κ2) is 2.66. The van der Waals surface area contributed by atoms with Crippen LogP contribution < -0.4 is 0 Å². The third-order valence-electron chi connectivity index (χ3n) is 0.244. The Balaban J connectivity index is 3.17. The Morgan fingerprint density at radius 3 is 2.00 bits per heavy atom. The van der Waals surface area contributed by atoms with Gasteiger partial charge in [0, 0.05) is 4.43 Å². The molecule has 6 heavy (non-hydrogen) atoms. The molecule has 0 aromatic carbocycles. The molecule has 0 fully saturated rings. The Morgan fingerprint density at radius 2 is 2.00 bits per heavy atom. The second-order valence-corrected chi connectivity index (χ2v) is 4.36. The Labute approximate surface area is 64.8 Å². The summed E-state index contributed by atoms with van der Waals surface area (Å²) in [6, 6.07) is 0. The van der Waals surface area contributed by atoms with Crippen molar-refractivity contribution in [3.05, 3.63) is 0 Å². The Kier molecular flexibility index (Phi) is 3.29. The van der Waals surface area contributed by atoms with Crippen molar-refractivity contribution in [1.29, 1.82) is 0 Å². The number of alkyl halides is 2. The highest BCUT2D eigenvalue weighted by Gasteiger charge is 2.09. The first-order valence-electron chi connectivity index (χ1n) is 1.53. The van der Waals surface area contributed by atoms with Crippen LogP contribution in [0.1, 0.15) is 6.92 Å². The quantitative estimate of drug-likeness (QED) is 0.576. The van der Waals surface area contributed by atoms with Gasteiger partial charge in [0.2, 0.25) is 0 Å². The minimum Gasteiger partial charge on any atom is -0.379 e. The van der Waals surface area contributed by atoms with Crippen molar-refractivity contribution in [3.63, 3.8) is 0 Å². The molecule has 1 N–H and O–H groups in total. The van der Waals surface area contributed by atoms with Crippen LogP contribution in [0.25, 0.3) is 0 Å². The SMILES string of the molecule is CC(O)(I)CI. The van der Waals surface area contributed by atoms with Crippen LogP contribution >= 0.6 is 45.2 Å². The van der Waals surface area contributed by atoms with Crippen molar-refractivity contribution < 1.29 is 5.11 Å². The van der Waals surface area contributed by atoms with E-state index in [0.717, 1.165) is 4.43 Å². The average Bonchev–Trinajstić information content (AvgIpc) is 1.35. The normalized spacial score (nSPS) is 20.0. The zero-order valence-electron chi connectivity index (χ0n) is 3.41. The minimum atomic E-state index is -0.502. The molecular weight excluding hydrogens is 306 g/mol. The maximum Gasteiger partial charge on any atom is 0.121 e. The van der Waals surface area contributed by atoms with Gasteiger partial charge in [0.05, 0.1) is 0 Å². The molecule has 1 nitrogen and oxygen atoms in total. The van der Waals surface area contributed by atoms with Gasteiger partial charge in [-0.1, -0.05) is 22.6 Å². The second-order valence-electron chi connectivity index (χ2n) is 1.28. The molecule has 3 heteroatoms. The molecule has 1 unspecified atom stereocenters. The molecule has 0 aliphatic heterocycles. The lowest BCUT2D eigenvalue weighted by atomic mass is 10.5. The van der Waals surface area contributed by atoms with Crippen molar-refractivity contribution in [2.45, 2.75) is 10.5 Å². The van der Waals surface area contributed by atoms with Crippen molar-refractivity contribution in [3.8, 4) is 0 Å². The Bertz CT molecular complexity index is 38.5. The van der Waals surface area contributed by atoms with Crippen molar-refractivity contribution in [1.82, 2.24) is 0 Å². The van der Waals surface area contributed by atoms with Crippen LogP contribution in [-0.4, -0.2) is 13.1 Å². The van der Waals surface area contributed by atoms with Crippen molar-refractivity contribution in [2.75, 3.05) is 4.43 Å². The first-order chi connectivity index (χ1) is 2.56. The van der Waals surface area contributed by atoms with Gasteiger partial charge in [-0.2, -0.15) is 0 Å². The maximum atomic E-state index is 8.81. The molecule has 0 rings (SSSR count). The van der Waals surface area contributed by atoms with E-state index in [2.05, 4.69) is 22.6 Å². The predicted molar refractivity (Wildman–Crippen MR) is 43.5 cm³/mol. The summed E-state index contributed by atoms with van der Waals surface area (Å²) < 4.78 is 0.281. The molecule has 1 atom stereocenters. The fourth-order valence-electron chi connectivity index (χ4n) is 0. The van der Waals surface area contributed by atoms with Crippen molar-refractivity contribution >= 4 is 45.2 Å². The summed E-state index contributed by atoms with van der Waals surface area (Å²) in [6.07, 6.45) is 0. The van der Waals surface area contributed by atoms with Crippen molar-refractivity contribution in [2.24, 2.45) is 0 Å². The number of hydrogen-bond acceptors (Lipinski definition) is 1. The van der Waals surface area contributed by atoms with Gasteiger partial charge in [0.15, 0.2) is 0 Å². The average molecular weight is 312 g/mol. The fourth-order valence-corrected chi connectivity index (χ4v) is 0. The van der Waals surface area contributed by atoms with Crippen LogP contribution in [0.3, 0.4) is 0 Å². The van der Waals surface area contributed by atoms with Crippen LogP contribution in [0.5, 0.6) is 0 Å². The lowest BCUT2D eigenvalue weighted by Crippen LogP contribution is -2.14. The van der Waals surface area contributed by atoms with Gasteiger partial charge < -0.3 is 5.11 Å². The molecule has 0 aliphatic carbocycles. The molecule has 0 heterocycles. The van der Waals surface area contributed by atoms with E-state index in [4.69, 9.17) is 5.11 Å². The topological polar surface area (TPSA) is 20.2 Å². The molecule has 0 aromatic heterocycles. The number of halogens is 2. The van der Waals surface area contributed by atoms with E-state index in [-0.39, 0.29) is 0 Å². The monoisotopic (exact) mass is 312 g/mol. The Hall–Kier alpha value is 1.42. The van der Waals surface area contributed by atoms with Gasteiger partial charge in [-0.15, -0.1) is 0 Å². The van der Waals surface area contributed by atoms with E-state index in [9.17, 15) is 0 Å². The molecule has 0 bridgehead atoms. The summed E-state index contributed by atoms with van der Waals surface area (Å²) >= 11 is 4.13. The van der Waals surface area contributed by atoms with Gasteiger partial charge >= 0.3 is 0 Å². The molecule has 0 saturated carbocycles.